The molecule has 0 aliphatic rings. The highest BCUT2D eigenvalue weighted by molar-refractivity contribution is 5.83. The van der Waals surface area contributed by atoms with Crippen molar-refractivity contribution in [3.63, 3.8) is 0 Å². The van der Waals surface area contributed by atoms with Crippen molar-refractivity contribution < 1.29 is 37.4 Å². The highest BCUT2D eigenvalue weighted by Gasteiger charge is 2.24. The molecule has 0 saturated heterocycles. The van der Waals surface area contributed by atoms with Crippen molar-refractivity contribution in [3.8, 4) is 28.5 Å². The topological polar surface area (TPSA) is 91.0 Å². The molecule has 1 N–H and O–H groups in total. The van der Waals surface area contributed by atoms with Gasteiger partial charge in [0.2, 0.25) is 6.10 Å². The predicted octanol–water partition coefficient (Wildman–Crippen LogP) is 6.57. The number of halogens is 2. The van der Waals surface area contributed by atoms with Gasteiger partial charge in [-0.2, -0.15) is 0 Å². The second kappa shape index (κ2) is 10.6. The fourth-order valence-corrected chi connectivity index (χ4v) is 3.96. The molecule has 0 aliphatic heterocycles. The third kappa shape index (κ3) is 5.12. The number of benzene rings is 4. The fraction of sp³-hybridized carbons (Fsp3) is 0.103. The molecule has 5 rings (SSSR count). The van der Waals surface area contributed by atoms with Crippen LogP contribution in [0.5, 0.6) is 17.4 Å². The highest BCUT2D eigenvalue weighted by Crippen LogP contribution is 2.34. The molecule has 1 aromatic heterocycles. The van der Waals surface area contributed by atoms with Crippen molar-refractivity contribution >= 4 is 16.9 Å². The van der Waals surface area contributed by atoms with Crippen molar-refractivity contribution in [2.75, 3.05) is 7.11 Å². The lowest BCUT2D eigenvalue weighted by molar-refractivity contribution is -0.145. The summed E-state index contributed by atoms with van der Waals surface area (Å²) in [6, 6.07) is 22.8. The molecular weight excluding hydrogens is 496 g/mol. The van der Waals surface area contributed by atoms with Crippen LogP contribution >= 0.6 is 0 Å². The smallest absolute Gasteiger partial charge is 0.349 e. The summed E-state index contributed by atoms with van der Waals surface area (Å²) in [4.78, 5) is 11.8. The van der Waals surface area contributed by atoms with Gasteiger partial charge in [-0.05, 0) is 46.6 Å². The fourth-order valence-electron chi connectivity index (χ4n) is 3.96. The number of aromatic nitrogens is 1. The van der Waals surface area contributed by atoms with Crippen LogP contribution in [0.2, 0.25) is 0 Å². The van der Waals surface area contributed by atoms with E-state index in [2.05, 4.69) is 5.16 Å². The number of hydrogen-bond acceptors (Lipinski definition) is 6. The van der Waals surface area contributed by atoms with Crippen LogP contribution < -0.4 is 14.2 Å². The quantitative estimate of drug-likeness (QED) is 0.237. The van der Waals surface area contributed by atoms with Crippen LogP contribution in [0.25, 0.3) is 22.1 Å². The van der Waals surface area contributed by atoms with Crippen molar-refractivity contribution in [3.05, 3.63) is 108 Å². The van der Waals surface area contributed by atoms with Crippen LogP contribution in [-0.4, -0.2) is 23.3 Å². The Bertz CT molecular complexity index is 1580. The van der Waals surface area contributed by atoms with Gasteiger partial charge in [-0.15, -0.1) is 0 Å². The Hall–Kier alpha value is -4.92. The maximum atomic E-state index is 13.8. The van der Waals surface area contributed by atoms with Crippen molar-refractivity contribution in [2.24, 2.45) is 0 Å². The van der Waals surface area contributed by atoms with Crippen LogP contribution in [0.4, 0.5) is 8.78 Å². The van der Waals surface area contributed by atoms with Crippen LogP contribution in [0.1, 0.15) is 17.2 Å². The molecule has 38 heavy (non-hydrogen) atoms. The Morgan fingerprint density at radius 3 is 2.42 bits per heavy atom. The molecule has 5 aromatic rings. The first-order valence-corrected chi connectivity index (χ1v) is 11.5. The Balaban J connectivity index is 1.32. The Morgan fingerprint density at radius 2 is 1.71 bits per heavy atom. The maximum Gasteiger partial charge on any atom is 0.349 e. The first-order chi connectivity index (χ1) is 18.4. The van der Waals surface area contributed by atoms with Crippen LogP contribution in [-0.2, 0) is 11.4 Å². The number of carboxylic acids is 1. The van der Waals surface area contributed by atoms with E-state index in [0.29, 0.717) is 33.4 Å². The van der Waals surface area contributed by atoms with E-state index < -0.39 is 23.7 Å². The molecule has 0 spiro atoms. The normalized spacial score (nSPS) is 11.8. The Labute approximate surface area is 215 Å². The molecule has 0 amide bonds. The molecule has 192 valence electrons. The number of rotatable bonds is 9. The number of carboxylic acid groups (broad SMARTS) is 1. The van der Waals surface area contributed by atoms with Crippen LogP contribution in [0, 0.1) is 11.6 Å². The lowest BCUT2D eigenvalue weighted by Crippen LogP contribution is -2.18. The number of aliphatic carboxylic acids is 1. The lowest BCUT2D eigenvalue weighted by atomic mass is 10.0. The average Bonchev–Trinajstić information content (AvgIpc) is 3.34. The first-order valence-electron chi connectivity index (χ1n) is 11.5. The Morgan fingerprint density at radius 1 is 0.974 bits per heavy atom. The van der Waals surface area contributed by atoms with E-state index in [1.165, 1.54) is 7.11 Å². The SMILES string of the molecule is COc1cc(F)c(F)cc1-c1ccc(OCc2ccc3onc(OC(C(=O)O)c4ccccc4)c3c2)cc1. The van der Waals surface area contributed by atoms with E-state index in [4.69, 9.17) is 18.7 Å². The van der Waals surface area contributed by atoms with Crippen LogP contribution in [0.15, 0.2) is 89.5 Å². The summed E-state index contributed by atoms with van der Waals surface area (Å²) >= 11 is 0. The van der Waals surface area contributed by atoms with E-state index in [1.54, 1.807) is 72.8 Å². The molecule has 0 aliphatic carbocycles. The van der Waals surface area contributed by atoms with Gasteiger partial charge in [0.25, 0.3) is 5.88 Å². The van der Waals surface area contributed by atoms with Crippen molar-refractivity contribution in [1.82, 2.24) is 5.16 Å². The summed E-state index contributed by atoms with van der Waals surface area (Å²) in [6.07, 6.45) is -1.25. The Kier molecular flexibility index (Phi) is 6.90. The summed E-state index contributed by atoms with van der Waals surface area (Å²) in [6.45, 7) is 0.190. The number of nitrogens with zero attached hydrogens (tertiary/aromatic N) is 1. The maximum absolute atomic E-state index is 13.8. The molecule has 9 heteroatoms. The van der Waals surface area contributed by atoms with Gasteiger partial charge < -0.3 is 23.8 Å². The molecule has 7 nitrogen and oxygen atoms in total. The van der Waals surface area contributed by atoms with Gasteiger partial charge in [-0.1, -0.05) is 48.5 Å². The summed E-state index contributed by atoms with van der Waals surface area (Å²) in [5.41, 5.74) is 2.72. The van der Waals surface area contributed by atoms with Gasteiger partial charge in [0, 0.05) is 17.2 Å². The van der Waals surface area contributed by atoms with Gasteiger partial charge >= 0.3 is 5.97 Å². The van der Waals surface area contributed by atoms with Gasteiger partial charge in [0.05, 0.1) is 12.5 Å². The second-order valence-corrected chi connectivity index (χ2v) is 8.34. The largest absolute Gasteiger partial charge is 0.496 e. The number of hydrogen-bond donors (Lipinski definition) is 1. The number of carbonyl (C=O) groups is 1. The van der Waals surface area contributed by atoms with E-state index >= 15 is 0 Å². The summed E-state index contributed by atoms with van der Waals surface area (Å²) in [5.74, 6) is -2.28. The van der Waals surface area contributed by atoms with E-state index in [1.807, 2.05) is 0 Å². The monoisotopic (exact) mass is 517 g/mol. The standard InChI is InChI=1S/C29H21F2NO6/c1-35-26-15-24(31)23(30)14-21(26)18-8-10-20(11-9-18)36-16-17-7-12-25-22(13-17)28(32-38-25)37-27(29(33)34)19-5-3-2-4-6-19/h2-15,27H,16H2,1H3,(H,33,34). The summed E-state index contributed by atoms with van der Waals surface area (Å²) in [7, 11) is 1.39. The van der Waals surface area contributed by atoms with Gasteiger partial charge in [-0.3, -0.25) is 0 Å². The molecule has 4 aromatic carbocycles. The molecule has 1 heterocycles. The molecule has 1 unspecified atom stereocenters. The van der Waals surface area contributed by atoms with Crippen molar-refractivity contribution in [2.45, 2.75) is 12.7 Å². The minimum atomic E-state index is -1.25. The minimum absolute atomic E-state index is 0.0583. The zero-order chi connectivity index (χ0) is 26.6. The molecule has 0 radical (unpaired) electrons. The number of methoxy groups -OCH3 is 1. The summed E-state index contributed by atoms with van der Waals surface area (Å²) < 4.78 is 49.4. The third-order valence-corrected chi connectivity index (χ3v) is 5.87. The molecular formula is C29H21F2NO6. The van der Waals surface area contributed by atoms with Crippen molar-refractivity contribution in [1.29, 1.82) is 0 Å². The zero-order valence-corrected chi connectivity index (χ0v) is 20.1. The zero-order valence-electron chi connectivity index (χ0n) is 20.1. The van der Waals surface area contributed by atoms with Crippen LogP contribution in [0.3, 0.4) is 0 Å². The van der Waals surface area contributed by atoms with Gasteiger partial charge in [0.1, 0.15) is 18.1 Å². The van der Waals surface area contributed by atoms with E-state index in [-0.39, 0.29) is 18.2 Å². The van der Waals surface area contributed by atoms with E-state index in [0.717, 1.165) is 17.7 Å². The molecule has 0 saturated carbocycles. The van der Waals surface area contributed by atoms with E-state index in [9.17, 15) is 18.7 Å². The second-order valence-electron chi connectivity index (χ2n) is 8.34. The predicted molar refractivity (Wildman–Crippen MR) is 134 cm³/mol. The first kappa shape index (κ1) is 24.8. The minimum Gasteiger partial charge on any atom is -0.496 e. The van der Waals surface area contributed by atoms with Gasteiger partial charge in [0.15, 0.2) is 17.2 Å². The number of fused-ring (bicyclic) bond motifs is 1. The molecule has 0 fully saturated rings. The highest BCUT2D eigenvalue weighted by atomic mass is 19.2. The molecule has 0 bridgehead atoms. The number of ether oxygens (including phenoxy) is 3. The molecule has 1 atom stereocenters. The van der Waals surface area contributed by atoms with Gasteiger partial charge in [-0.25, -0.2) is 13.6 Å². The third-order valence-electron chi connectivity index (χ3n) is 5.87. The average molecular weight is 517 g/mol. The lowest BCUT2D eigenvalue weighted by Gasteiger charge is -2.13. The summed E-state index contributed by atoms with van der Waals surface area (Å²) in [5, 5.41) is 14.1.